The first-order valence-corrected chi connectivity index (χ1v) is 9.31. The summed E-state index contributed by atoms with van der Waals surface area (Å²) >= 11 is 0. The van der Waals surface area contributed by atoms with Crippen molar-refractivity contribution in [3.8, 4) is 0 Å². The zero-order chi connectivity index (χ0) is 21.0. The van der Waals surface area contributed by atoms with E-state index in [2.05, 4.69) is 5.32 Å². The van der Waals surface area contributed by atoms with Crippen molar-refractivity contribution >= 4 is 29.6 Å². The third-order valence-electron chi connectivity index (χ3n) is 5.13. The summed E-state index contributed by atoms with van der Waals surface area (Å²) in [5.41, 5.74) is 10.6. The van der Waals surface area contributed by atoms with Crippen molar-refractivity contribution in [1.82, 2.24) is 15.1 Å². The second-order valence-electron chi connectivity index (χ2n) is 7.22. The summed E-state index contributed by atoms with van der Waals surface area (Å²) in [6.07, 6.45) is 1.70. The lowest BCUT2D eigenvalue weighted by atomic mass is 10.1. The van der Waals surface area contributed by atoms with Gasteiger partial charge in [0.1, 0.15) is 18.1 Å². The molecule has 0 radical (unpaired) electrons. The molecule has 11 heteroatoms. The fraction of sp³-hybridized carbons (Fsp3) is 0.706. The molecule has 0 aromatic carbocycles. The number of carbonyl (C=O) groups excluding carboxylic acids is 4. The van der Waals surface area contributed by atoms with E-state index in [4.69, 9.17) is 11.5 Å². The highest BCUT2D eigenvalue weighted by Crippen LogP contribution is 2.25. The molecular weight excluding hydrogens is 370 g/mol. The number of rotatable bonds is 7. The Morgan fingerprint density at radius 2 is 1.64 bits per heavy atom. The van der Waals surface area contributed by atoms with Gasteiger partial charge in [0.05, 0.1) is 12.5 Å². The van der Waals surface area contributed by atoms with Crippen molar-refractivity contribution in [3.05, 3.63) is 0 Å². The van der Waals surface area contributed by atoms with Crippen molar-refractivity contribution in [1.29, 1.82) is 0 Å². The maximum absolute atomic E-state index is 12.9. The van der Waals surface area contributed by atoms with Crippen LogP contribution in [0.2, 0.25) is 0 Å². The van der Waals surface area contributed by atoms with E-state index in [0.717, 1.165) is 0 Å². The third-order valence-corrected chi connectivity index (χ3v) is 5.13. The molecule has 2 rings (SSSR count). The molecule has 0 aromatic rings. The Morgan fingerprint density at radius 1 is 1.07 bits per heavy atom. The highest BCUT2D eigenvalue weighted by Gasteiger charge is 2.43. The molecule has 2 aliphatic rings. The first kappa shape index (κ1) is 21.6. The molecule has 6 N–H and O–H groups in total. The number of carbonyl (C=O) groups is 5. The van der Waals surface area contributed by atoms with Crippen molar-refractivity contribution in [2.75, 3.05) is 13.1 Å². The minimum Gasteiger partial charge on any atom is -0.480 e. The second-order valence-corrected chi connectivity index (χ2v) is 7.22. The number of likely N-dealkylation sites (tertiary alicyclic amines) is 2. The van der Waals surface area contributed by atoms with Crippen LogP contribution in [-0.2, 0) is 24.0 Å². The number of hydrogen-bond donors (Lipinski definition) is 4. The van der Waals surface area contributed by atoms with Gasteiger partial charge in [-0.05, 0) is 32.6 Å². The average Bonchev–Trinajstić information content (AvgIpc) is 3.29. The Labute approximate surface area is 162 Å². The van der Waals surface area contributed by atoms with Crippen LogP contribution >= 0.6 is 0 Å². The Balaban J connectivity index is 2.01. The van der Waals surface area contributed by atoms with Crippen LogP contribution in [0.25, 0.3) is 0 Å². The lowest BCUT2D eigenvalue weighted by Crippen LogP contribution is -2.56. The predicted octanol–water partition coefficient (Wildman–Crippen LogP) is -2.24. The molecule has 4 unspecified atom stereocenters. The molecule has 156 valence electrons. The summed E-state index contributed by atoms with van der Waals surface area (Å²) in [5.74, 6) is -3.30. The Hall–Kier alpha value is -2.69. The van der Waals surface area contributed by atoms with E-state index in [-0.39, 0.29) is 12.3 Å². The Kier molecular flexibility index (Phi) is 6.95. The topological polar surface area (TPSA) is 176 Å². The van der Waals surface area contributed by atoms with Gasteiger partial charge in [-0.25, -0.2) is 4.79 Å². The van der Waals surface area contributed by atoms with Gasteiger partial charge in [-0.15, -0.1) is 0 Å². The molecule has 0 bridgehead atoms. The van der Waals surface area contributed by atoms with Gasteiger partial charge in [0.25, 0.3) is 0 Å². The lowest BCUT2D eigenvalue weighted by Gasteiger charge is -2.31. The number of nitrogens with zero attached hydrogens (tertiary/aromatic N) is 2. The van der Waals surface area contributed by atoms with E-state index in [9.17, 15) is 29.1 Å². The Morgan fingerprint density at radius 3 is 2.21 bits per heavy atom. The van der Waals surface area contributed by atoms with Gasteiger partial charge in [0, 0.05) is 13.1 Å². The Bertz CT molecular complexity index is 668. The largest absolute Gasteiger partial charge is 0.480 e. The molecule has 2 saturated heterocycles. The lowest BCUT2D eigenvalue weighted by molar-refractivity contribution is -0.152. The first-order chi connectivity index (χ1) is 13.1. The van der Waals surface area contributed by atoms with E-state index >= 15 is 0 Å². The van der Waals surface area contributed by atoms with Crippen LogP contribution in [0, 0.1) is 0 Å². The van der Waals surface area contributed by atoms with Crippen LogP contribution in [-0.4, -0.2) is 81.8 Å². The van der Waals surface area contributed by atoms with Gasteiger partial charge >= 0.3 is 5.97 Å². The van der Waals surface area contributed by atoms with Crippen LogP contribution in [0.1, 0.15) is 39.0 Å². The molecule has 2 fully saturated rings. The van der Waals surface area contributed by atoms with Gasteiger partial charge in [-0.3, -0.25) is 19.2 Å². The smallest absolute Gasteiger partial charge is 0.326 e. The quantitative estimate of drug-likeness (QED) is 0.375. The molecule has 2 heterocycles. The summed E-state index contributed by atoms with van der Waals surface area (Å²) in [6.45, 7) is 2.16. The molecule has 0 saturated carbocycles. The average molecular weight is 397 g/mol. The number of amides is 4. The van der Waals surface area contributed by atoms with Crippen molar-refractivity contribution < 1.29 is 29.1 Å². The summed E-state index contributed by atoms with van der Waals surface area (Å²) in [4.78, 5) is 62.5. The molecule has 11 nitrogen and oxygen atoms in total. The first-order valence-electron chi connectivity index (χ1n) is 9.31. The van der Waals surface area contributed by atoms with Gasteiger partial charge in [-0.1, -0.05) is 0 Å². The number of aliphatic carboxylic acids is 1. The molecule has 0 aliphatic carbocycles. The number of nitrogens with one attached hydrogen (secondary N) is 1. The normalized spacial score (nSPS) is 23.9. The summed E-state index contributed by atoms with van der Waals surface area (Å²) < 4.78 is 0. The molecule has 2 aliphatic heterocycles. The second kappa shape index (κ2) is 9.00. The SMILES string of the molecule is CC(NC(=O)C(N)CC(N)=O)C(=O)N1CCCC1C(=O)N1CCCC1C(=O)O. The van der Waals surface area contributed by atoms with Crippen molar-refractivity contribution in [3.63, 3.8) is 0 Å². The molecular formula is C17H27N5O6. The highest BCUT2D eigenvalue weighted by atomic mass is 16.4. The summed E-state index contributed by atoms with van der Waals surface area (Å²) in [7, 11) is 0. The third kappa shape index (κ3) is 4.77. The molecule has 28 heavy (non-hydrogen) atoms. The highest BCUT2D eigenvalue weighted by molar-refractivity contribution is 5.95. The standard InChI is InChI=1S/C17H27N5O6/c1-9(20-14(24)10(18)8-13(19)23)15(25)21-6-2-4-11(21)16(26)22-7-3-5-12(22)17(27)28/h9-12H,2-8,18H2,1H3,(H2,19,23)(H,20,24)(H,27,28). The summed E-state index contributed by atoms with van der Waals surface area (Å²) in [6, 6.07) is -3.72. The van der Waals surface area contributed by atoms with Crippen LogP contribution in [0.4, 0.5) is 0 Å². The van der Waals surface area contributed by atoms with Crippen LogP contribution in [0.5, 0.6) is 0 Å². The molecule has 0 aromatic heterocycles. The minimum absolute atomic E-state index is 0.342. The van der Waals surface area contributed by atoms with Gasteiger partial charge in [0.15, 0.2) is 0 Å². The number of nitrogens with two attached hydrogens (primary N) is 2. The maximum Gasteiger partial charge on any atom is 0.326 e. The van der Waals surface area contributed by atoms with E-state index in [1.165, 1.54) is 16.7 Å². The van der Waals surface area contributed by atoms with E-state index in [1.807, 2.05) is 0 Å². The van der Waals surface area contributed by atoms with Gasteiger partial charge in [0.2, 0.25) is 23.6 Å². The van der Waals surface area contributed by atoms with Gasteiger partial charge in [-0.2, -0.15) is 0 Å². The van der Waals surface area contributed by atoms with Crippen LogP contribution in [0.15, 0.2) is 0 Å². The molecule has 0 spiro atoms. The zero-order valence-corrected chi connectivity index (χ0v) is 15.8. The number of carboxylic acids is 1. The fourth-order valence-electron chi connectivity index (χ4n) is 3.71. The van der Waals surface area contributed by atoms with Crippen molar-refractivity contribution in [2.45, 2.75) is 63.2 Å². The fourth-order valence-corrected chi connectivity index (χ4v) is 3.71. The number of carboxylic acid groups (broad SMARTS) is 1. The van der Waals surface area contributed by atoms with Gasteiger partial charge < -0.3 is 31.7 Å². The number of primary amides is 1. The zero-order valence-electron chi connectivity index (χ0n) is 15.8. The predicted molar refractivity (Wildman–Crippen MR) is 96.5 cm³/mol. The summed E-state index contributed by atoms with van der Waals surface area (Å²) in [5, 5.41) is 11.7. The minimum atomic E-state index is -1.16. The molecule has 4 atom stereocenters. The van der Waals surface area contributed by atoms with Crippen LogP contribution < -0.4 is 16.8 Å². The number of hydrogen-bond acceptors (Lipinski definition) is 6. The van der Waals surface area contributed by atoms with E-state index in [1.54, 1.807) is 0 Å². The maximum atomic E-state index is 12.9. The van der Waals surface area contributed by atoms with Crippen LogP contribution in [0.3, 0.4) is 0 Å². The van der Waals surface area contributed by atoms with E-state index in [0.29, 0.717) is 38.8 Å². The molecule has 4 amide bonds. The van der Waals surface area contributed by atoms with Crippen molar-refractivity contribution in [2.24, 2.45) is 11.5 Å². The monoisotopic (exact) mass is 397 g/mol. The van der Waals surface area contributed by atoms with E-state index < -0.39 is 47.9 Å².